The summed E-state index contributed by atoms with van der Waals surface area (Å²) in [6.45, 7) is 6.43. The van der Waals surface area contributed by atoms with Crippen molar-refractivity contribution in [1.29, 1.82) is 5.26 Å². The predicted molar refractivity (Wildman–Crippen MR) is 89.7 cm³/mol. The molecule has 0 aliphatic rings. The maximum atomic E-state index is 12.2. The van der Waals surface area contributed by atoms with Crippen molar-refractivity contribution in [3.63, 3.8) is 0 Å². The fourth-order valence-electron chi connectivity index (χ4n) is 2.11. The van der Waals surface area contributed by atoms with Crippen LogP contribution in [0.1, 0.15) is 47.8 Å². The zero-order valence-electron chi connectivity index (χ0n) is 13.1. The van der Waals surface area contributed by atoms with E-state index in [0.717, 1.165) is 5.56 Å². The summed E-state index contributed by atoms with van der Waals surface area (Å²) in [6.07, 6.45) is 3.28. The summed E-state index contributed by atoms with van der Waals surface area (Å²) in [7, 11) is 0. The van der Waals surface area contributed by atoms with Gasteiger partial charge in [-0.3, -0.25) is 4.79 Å². The van der Waals surface area contributed by atoms with E-state index in [9.17, 15) is 4.79 Å². The highest BCUT2D eigenvalue weighted by atomic mass is 16.1. The predicted octanol–water partition coefficient (Wildman–Crippen LogP) is 4.75. The van der Waals surface area contributed by atoms with Crippen LogP contribution in [0.15, 0.2) is 54.6 Å². The third-order valence-corrected chi connectivity index (χ3v) is 3.48. The minimum absolute atomic E-state index is 0.0391. The van der Waals surface area contributed by atoms with Gasteiger partial charge >= 0.3 is 0 Å². The molecule has 0 N–H and O–H groups in total. The summed E-state index contributed by atoms with van der Waals surface area (Å²) >= 11 is 0. The Morgan fingerprint density at radius 2 is 1.77 bits per heavy atom. The van der Waals surface area contributed by atoms with Gasteiger partial charge in [-0.2, -0.15) is 5.26 Å². The lowest BCUT2D eigenvalue weighted by Crippen LogP contribution is -2.11. The van der Waals surface area contributed by atoms with Gasteiger partial charge in [0.1, 0.15) is 0 Å². The van der Waals surface area contributed by atoms with Crippen molar-refractivity contribution in [3.05, 3.63) is 76.9 Å². The molecule has 0 heterocycles. The minimum Gasteiger partial charge on any atom is -0.289 e. The first-order valence-electron chi connectivity index (χ1n) is 7.23. The molecule has 0 aliphatic carbocycles. The lowest BCUT2D eigenvalue weighted by Gasteiger charge is -2.18. The second-order valence-corrected chi connectivity index (χ2v) is 6.26. The molecule has 0 amide bonds. The van der Waals surface area contributed by atoms with E-state index >= 15 is 0 Å². The van der Waals surface area contributed by atoms with Crippen molar-refractivity contribution in [1.82, 2.24) is 0 Å². The highest BCUT2D eigenvalue weighted by molar-refractivity contribution is 6.06. The summed E-state index contributed by atoms with van der Waals surface area (Å²) < 4.78 is 0. The van der Waals surface area contributed by atoms with Crippen LogP contribution in [0.2, 0.25) is 0 Å². The van der Waals surface area contributed by atoms with Crippen LogP contribution >= 0.6 is 0 Å². The van der Waals surface area contributed by atoms with Gasteiger partial charge in [-0.25, -0.2) is 0 Å². The Morgan fingerprint density at radius 1 is 1.09 bits per heavy atom. The topological polar surface area (TPSA) is 40.9 Å². The molecule has 0 bridgehead atoms. The maximum absolute atomic E-state index is 12.2. The SMILES string of the molecule is CC(C)(C)c1ccc(C(=O)C=Cc2cccc(C#N)c2)cc1. The van der Waals surface area contributed by atoms with Crippen LogP contribution in [0.3, 0.4) is 0 Å². The fourth-order valence-corrected chi connectivity index (χ4v) is 2.11. The smallest absolute Gasteiger partial charge is 0.185 e. The largest absolute Gasteiger partial charge is 0.289 e. The third kappa shape index (κ3) is 3.93. The number of carbonyl (C=O) groups is 1. The second kappa shape index (κ2) is 6.41. The molecule has 2 heteroatoms. The van der Waals surface area contributed by atoms with Crippen LogP contribution in [0, 0.1) is 11.3 Å². The van der Waals surface area contributed by atoms with Crippen LogP contribution in [0.25, 0.3) is 6.08 Å². The number of benzene rings is 2. The van der Waals surface area contributed by atoms with Gasteiger partial charge in [-0.05, 0) is 34.8 Å². The molecular formula is C20H19NO. The summed E-state index contributed by atoms with van der Waals surface area (Å²) in [6, 6.07) is 17.0. The second-order valence-electron chi connectivity index (χ2n) is 6.26. The molecule has 2 nitrogen and oxygen atoms in total. The Bertz CT molecular complexity index is 741. The molecule has 0 unspecified atom stereocenters. The number of hydrogen-bond donors (Lipinski definition) is 0. The Labute approximate surface area is 131 Å². The average molecular weight is 289 g/mol. The Balaban J connectivity index is 2.15. The standard InChI is InChI=1S/C20H19NO/c1-20(2,3)18-10-8-17(9-11-18)19(22)12-7-15-5-4-6-16(13-15)14-21/h4-13H,1-3H3. The van der Waals surface area contributed by atoms with Gasteiger partial charge in [0.05, 0.1) is 11.6 Å². The van der Waals surface area contributed by atoms with Gasteiger partial charge in [-0.15, -0.1) is 0 Å². The zero-order chi connectivity index (χ0) is 16.2. The van der Waals surface area contributed by atoms with E-state index < -0.39 is 0 Å². The number of carbonyl (C=O) groups excluding carboxylic acids is 1. The molecule has 0 aliphatic heterocycles. The first kappa shape index (κ1) is 15.7. The summed E-state index contributed by atoms with van der Waals surface area (Å²) in [5.41, 5.74) is 3.38. The zero-order valence-corrected chi connectivity index (χ0v) is 13.1. The van der Waals surface area contributed by atoms with Gasteiger partial charge < -0.3 is 0 Å². The minimum atomic E-state index is -0.0391. The highest BCUT2D eigenvalue weighted by Gasteiger charge is 2.13. The molecule has 22 heavy (non-hydrogen) atoms. The van der Waals surface area contributed by atoms with Crippen LogP contribution in [-0.4, -0.2) is 5.78 Å². The van der Waals surface area contributed by atoms with Crippen LogP contribution < -0.4 is 0 Å². The highest BCUT2D eigenvalue weighted by Crippen LogP contribution is 2.22. The number of nitrogens with zero attached hydrogens (tertiary/aromatic N) is 1. The molecule has 0 fully saturated rings. The molecule has 2 aromatic carbocycles. The van der Waals surface area contributed by atoms with Crippen molar-refractivity contribution >= 4 is 11.9 Å². The molecule has 2 rings (SSSR count). The molecule has 0 spiro atoms. The molecule has 0 radical (unpaired) electrons. The van der Waals surface area contributed by atoms with Crippen molar-refractivity contribution < 1.29 is 4.79 Å². The molecule has 0 saturated heterocycles. The van der Waals surface area contributed by atoms with E-state index in [1.807, 2.05) is 30.3 Å². The summed E-state index contributed by atoms with van der Waals surface area (Å²) in [5.74, 6) is -0.0391. The third-order valence-electron chi connectivity index (χ3n) is 3.48. The van der Waals surface area contributed by atoms with E-state index in [0.29, 0.717) is 11.1 Å². The van der Waals surface area contributed by atoms with E-state index in [2.05, 4.69) is 26.8 Å². The maximum Gasteiger partial charge on any atom is 0.185 e. The van der Waals surface area contributed by atoms with E-state index in [1.54, 1.807) is 30.4 Å². The van der Waals surface area contributed by atoms with Gasteiger partial charge in [0.25, 0.3) is 0 Å². The van der Waals surface area contributed by atoms with Crippen molar-refractivity contribution in [2.24, 2.45) is 0 Å². The van der Waals surface area contributed by atoms with E-state index in [4.69, 9.17) is 5.26 Å². The monoisotopic (exact) mass is 289 g/mol. The van der Waals surface area contributed by atoms with Gasteiger partial charge in [0, 0.05) is 5.56 Å². The van der Waals surface area contributed by atoms with Crippen molar-refractivity contribution in [3.8, 4) is 6.07 Å². The summed E-state index contributed by atoms with van der Waals surface area (Å²) in [4.78, 5) is 12.2. The van der Waals surface area contributed by atoms with Gasteiger partial charge in [0.2, 0.25) is 0 Å². The van der Waals surface area contributed by atoms with Crippen LogP contribution in [-0.2, 0) is 5.41 Å². The van der Waals surface area contributed by atoms with Crippen molar-refractivity contribution in [2.45, 2.75) is 26.2 Å². The normalized spacial score (nSPS) is 11.4. The Morgan fingerprint density at radius 3 is 2.36 bits per heavy atom. The first-order valence-corrected chi connectivity index (χ1v) is 7.23. The average Bonchev–Trinajstić information content (AvgIpc) is 2.52. The van der Waals surface area contributed by atoms with E-state index in [-0.39, 0.29) is 11.2 Å². The molecule has 0 atom stereocenters. The quantitative estimate of drug-likeness (QED) is 0.604. The number of nitriles is 1. The number of allylic oxidation sites excluding steroid dienone is 1. The molecular weight excluding hydrogens is 270 g/mol. The fraction of sp³-hybridized carbons (Fsp3) is 0.200. The molecule has 0 saturated carbocycles. The van der Waals surface area contributed by atoms with Crippen LogP contribution in [0.5, 0.6) is 0 Å². The van der Waals surface area contributed by atoms with Crippen LogP contribution in [0.4, 0.5) is 0 Å². The number of ketones is 1. The Hall–Kier alpha value is -2.66. The molecule has 110 valence electrons. The first-order chi connectivity index (χ1) is 10.4. The number of hydrogen-bond acceptors (Lipinski definition) is 2. The molecule has 0 aromatic heterocycles. The number of rotatable bonds is 3. The lowest BCUT2D eigenvalue weighted by atomic mass is 9.86. The van der Waals surface area contributed by atoms with E-state index in [1.165, 1.54) is 5.56 Å². The Kier molecular flexibility index (Phi) is 4.58. The van der Waals surface area contributed by atoms with Gasteiger partial charge in [0.15, 0.2) is 5.78 Å². The van der Waals surface area contributed by atoms with Gasteiger partial charge in [-0.1, -0.05) is 63.2 Å². The van der Waals surface area contributed by atoms with Crippen molar-refractivity contribution in [2.75, 3.05) is 0 Å². The lowest BCUT2D eigenvalue weighted by molar-refractivity contribution is 0.104. The molecule has 2 aromatic rings. The summed E-state index contributed by atoms with van der Waals surface area (Å²) in [5, 5.41) is 8.87.